The van der Waals surface area contributed by atoms with Gasteiger partial charge in [0.1, 0.15) is 0 Å². The van der Waals surface area contributed by atoms with E-state index in [0.29, 0.717) is 0 Å². The van der Waals surface area contributed by atoms with E-state index in [1.807, 2.05) is 0 Å². The van der Waals surface area contributed by atoms with E-state index in [2.05, 4.69) is 122 Å². The Morgan fingerprint density at radius 1 is 0.419 bits per heavy atom. The number of hydrogen-bond donors (Lipinski definition) is 0. The minimum atomic E-state index is 1.27. The summed E-state index contributed by atoms with van der Waals surface area (Å²) in [6.45, 7) is 2.20. The monoisotopic (exact) mass is 394 g/mol. The lowest BCUT2D eigenvalue weighted by Crippen LogP contribution is -1.92. The van der Waals surface area contributed by atoms with Crippen LogP contribution in [0.4, 0.5) is 0 Å². The predicted octanol–water partition coefficient (Wildman–Crippen LogP) is 8.79. The summed E-state index contributed by atoms with van der Waals surface area (Å²) in [5, 5.41) is 7.76. The van der Waals surface area contributed by atoms with Gasteiger partial charge >= 0.3 is 0 Å². The summed E-state index contributed by atoms with van der Waals surface area (Å²) >= 11 is 0. The van der Waals surface area contributed by atoms with Crippen molar-refractivity contribution in [2.24, 2.45) is 0 Å². The van der Waals surface area contributed by atoms with E-state index in [0.717, 1.165) is 0 Å². The molecule has 146 valence electrons. The SMILES string of the molecule is Cc1ccccc1-c1c2ccccc2c(-c2ccc3ccccc3c2)c2ccccc12. The van der Waals surface area contributed by atoms with Gasteiger partial charge in [0, 0.05) is 0 Å². The molecule has 0 saturated heterocycles. The molecule has 6 aromatic carbocycles. The Morgan fingerprint density at radius 2 is 0.935 bits per heavy atom. The lowest BCUT2D eigenvalue weighted by molar-refractivity contribution is 1.47. The van der Waals surface area contributed by atoms with Gasteiger partial charge in [0.15, 0.2) is 0 Å². The molecule has 0 heteroatoms. The van der Waals surface area contributed by atoms with Gasteiger partial charge in [-0.05, 0) is 73.1 Å². The zero-order valence-corrected chi connectivity index (χ0v) is 17.5. The summed E-state index contributed by atoms with van der Waals surface area (Å²) in [7, 11) is 0. The standard InChI is InChI=1S/C31H22/c1-21-10-2-5-13-25(21)31-28-16-8-6-14-26(28)30(27-15-7-9-17-29(27)31)24-19-18-22-11-3-4-12-23(22)20-24/h2-20H,1H3. The molecule has 0 aromatic heterocycles. The van der Waals surface area contributed by atoms with E-state index in [-0.39, 0.29) is 0 Å². The third kappa shape index (κ3) is 2.84. The Hall–Kier alpha value is -3.90. The highest BCUT2D eigenvalue weighted by Crippen LogP contribution is 2.44. The molecule has 0 spiro atoms. The smallest absolute Gasteiger partial charge is 0.00237 e. The first kappa shape index (κ1) is 17.9. The third-order valence-electron chi connectivity index (χ3n) is 6.38. The van der Waals surface area contributed by atoms with Crippen LogP contribution in [0.3, 0.4) is 0 Å². The summed E-state index contributed by atoms with van der Waals surface area (Å²) in [5.41, 5.74) is 6.52. The molecule has 0 aliphatic heterocycles. The van der Waals surface area contributed by atoms with Crippen molar-refractivity contribution < 1.29 is 0 Å². The van der Waals surface area contributed by atoms with Crippen molar-refractivity contribution in [3.05, 3.63) is 121 Å². The van der Waals surface area contributed by atoms with Gasteiger partial charge < -0.3 is 0 Å². The van der Waals surface area contributed by atoms with E-state index in [1.54, 1.807) is 0 Å². The highest BCUT2D eigenvalue weighted by atomic mass is 14.2. The molecule has 0 fully saturated rings. The van der Waals surface area contributed by atoms with Gasteiger partial charge in [-0.3, -0.25) is 0 Å². The summed E-state index contributed by atoms with van der Waals surface area (Å²) in [5.74, 6) is 0. The molecule has 6 aromatic rings. The molecular formula is C31H22. The van der Waals surface area contributed by atoms with E-state index < -0.39 is 0 Å². The van der Waals surface area contributed by atoms with Crippen molar-refractivity contribution >= 4 is 32.3 Å². The second kappa shape index (κ2) is 7.11. The summed E-state index contributed by atoms with van der Waals surface area (Å²) < 4.78 is 0. The fraction of sp³-hybridized carbons (Fsp3) is 0.0323. The van der Waals surface area contributed by atoms with E-state index in [9.17, 15) is 0 Å². The molecule has 0 unspecified atom stereocenters. The Bertz CT molecular complexity index is 1530. The van der Waals surface area contributed by atoms with Crippen LogP contribution in [0, 0.1) is 6.92 Å². The van der Waals surface area contributed by atoms with Gasteiger partial charge in [0.2, 0.25) is 0 Å². The maximum absolute atomic E-state index is 2.33. The number of benzene rings is 6. The molecule has 0 heterocycles. The number of hydrogen-bond acceptors (Lipinski definition) is 0. The van der Waals surface area contributed by atoms with E-state index in [1.165, 1.54) is 60.1 Å². The van der Waals surface area contributed by atoms with E-state index in [4.69, 9.17) is 0 Å². The molecule has 0 aliphatic rings. The van der Waals surface area contributed by atoms with Crippen LogP contribution in [0.1, 0.15) is 5.56 Å². The van der Waals surface area contributed by atoms with Crippen LogP contribution in [0.25, 0.3) is 54.6 Å². The first-order valence-electron chi connectivity index (χ1n) is 10.8. The first-order chi connectivity index (χ1) is 15.3. The third-order valence-corrected chi connectivity index (χ3v) is 6.38. The predicted molar refractivity (Wildman–Crippen MR) is 135 cm³/mol. The van der Waals surface area contributed by atoms with Crippen LogP contribution in [-0.2, 0) is 0 Å². The van der Waals surface area contributed by atoms with Gasteiger partial charge in [0.25, 0.3) is 0 Å². The number of rotatable bonds is 2. The Morgan fingerprint density at radius 3 is 1.58 bits per heavy atom. The molecule has 0 nitrogen and oxygen atoms in total. The first-order valence-corrected chi connectivity index (χ1v) is 10.8. The largest absolute Gasteiger partial charge is 0.0620 e. The molecule has 31 heavy (non-hydrogen) atoms. The second-order valence-corrected chi connectivity index (χ2v) is 8.22. The van der Waals surface area contributed by atoms with Crippen molar-refractivity contribution in [2.75, 3.05) is 0 Å². The van der Waals surface area contributed by atoms with Crippen LogP contribution >= 0.6 is 0 Å². The number of fused-ring (bicyclic) bond motifs is 3. The van der Waals surface area contributed by atoms with Gasteiger partial charge in [0.05, 0.1) is 0 Å². The van der Waals surface area contributed by atoms with Crippen molar-refractivity contribution in [1.82, 2.24) is 0 Å². The van der Waals surface area contributed by atoms with E-state index >= 15 is 0 Å². The molecule has 0 N–H and O–H groups in total. The van der Waals surface area contributed by atoms with Crippen molar-refractivity contribution in [3.63, 3.8) is 0 Å². The minimum absolute atomic E-state index is 1.27. The second-order valence-electron chi connectivity index (χ2n) is 8.22. The molecule has 0 radical (unpaired) electrons. The summed E-state index contributed by atoms with van der Waals surface area (Å²) in [4.78, 5) is 0. The Balaban J connectivity index is 1.79. The number of aryl methyl sites for hydroxylation is 1. The summed E-state index contributed by atoms with van der Waals surface area (Å²) in [6.07, 6.45) is 0. The molecule has 0 aliphatic carbocycles. The lowest BCUT2D eigenvalue weighted by Gasteiger charge is -2.19. The Labute approximate surface area is 182 Å². The zero-order valence-electron chi connectivity index (χ0n) is 17.5. The highest BCUT2D eigenvalue weighted by molar-refractivity contribution is 6.21. The molecule has 0 bridgehead atoms. The Kier molecular flexibility index (Phi) is 4.11. The molecule has 6 rings (SSSR count). The fourth-order valence-electron chi connectivity index (χ4n) is 4.93. The van der Waals surface area contributed by atoms with Gasteiger partial charge in [-0.2, -0.15) is 0 Å². The van der Waals surface area contributed by atoms with Crippen LogP contribution in [0.15, 0.2) is 115 Å². The van der Waals surface area contributed by atoms with Crippen molar-refractivity contribution in [2.45, 2.75) is 6.92 Å². The lowest BCUT2D eigenvalue weighted by atomic mass is 9.84. The van der Waals surface area contributed by atoms with Crippen molar-refractivity contribution in [3.8, 4) is 22.3 Å². The zero-order chi connectivity index (χ0) is 20.8. The molecule has 0 saturated carbocycles. The summed E-state index contributed by atoms with van der Waals surface area (Å²) in [6, 6.07) is 41.9. The highest BCUT2D eigenvalue weighted by Gasteiger charge is 2.17. The topological polar surface area (TPSA) is 0 Å². The quantitative estimate of drug-likeness (QED) is 0.257. The fourth-order valence-corrected chi connectivity index (χ4v) is 4.93. The molecule has 0 amide bonds. The molecule has 0 atom stereocenters. The maximum atomic E-state index is 2.33. The van der Waals surface area contributed by atoms with Gasteiger partial charge in [-0.25, -0.2) is 0 Å². The normalized spacial score (nSPS) is 11.4. The van der Waals surface area contributed by atoms with Crippen LogP contribution in [0.5, 0.6) is 0 Å². The average Bonchev–Trinajstić information content (AvgIpc) is 2.83. The van der Waals surface area contributed by atoms with Crippen LogP contribution in [0.2, 0.25) is 0 Å². The van der Waals surface area contributed by atoms with Crippen LogP contribution in [-0.4, -0.2) is 0 Å². The maximum Gasteiger partial charge on any atom is -0.00237 e. The minimum Gasteiger partial charge on any atom is -0.0620 e. The average molecular weight is 395 g/mol. The van der Waals surface area contributed by atoms with Gasteiger partial charge in [-0.15, -0.1) is 0 Å². The van der Waals surface area contributed by atoms with Gasteiger partial charge in [-0.1, -0.05) is 109 Å². The molecular weight excluding hydrogens is 372 g/mol. The van der Waals surface area contributed by atoms with Crippen molar-refractivity contribution in [1.29, 1.82) is 0 Å². The van der Waals surface area contributed by atoms with Crippen LogP contribution < -0.4 is 0 Å².